The highest BCUT2D eigenvalue weighted by Crippen LogP contribution is 2.32. The number of aromatic nitrogens is 2. The van der Waals surface area contributed by atoms with Gasteiger partial charge >= 0.3 is 0 Å². The summed E-state index contributed by atoms with van der Waals surface area (Å²) in [6, 6.07) is 5.72. The summed E-state index contributed by atoms with van der Waals surface area (Å²) < 4.78 is 5.52. The zero-order chi connectivity index (χ0) is 15.0. The number of hydrogen-bond donors (Lipinski definition) is 2. The Morgan fingerprint density at radius 3 is 2.90 bits per heavy atom. The molecule has 0 saturated carbocycles. The number of H-pyrrole nitrogens is 1. The molecule has 0 aliphatic heterocycles. The number of aromatic amines is 1. The van der Waals surface area contributed by atoms with Crippen molar-refractivity contribution >= 4 is 28.4 Å². The smallest absolute Gasteiger partial charge is 0.227 e. The first-order valence-electron chi connectivity index (χ1n) is 6.51. The largest absolute Gasteiger partial charge is 0.441 e. The first-order valence-corrected chi connectivity index (χ1v) is 6.89. The molecule has 0 spiro atoms. The highest BCUT2D eigenvalue weighted by atomic mass is 35.5. The van der Waals surface area contributed by atoms with Gasteiger partial charge in [-0.2, -0.15) is 0 Å². The van der Waals surface area contributed by atoms with Crippen LogP contribution in [0.2, 0.25) is 5.02 Å². The molecule has 21 heavy (non-hydrogen) atoms. The number of rotatable bonds is 3. The Labute approximate surface area is 126 Å². The quantitative estimate of drug-likeness (QED) is 0.779. The molecule has 1 amide bonds. The molecular weight excluding hydrogens is 290 g/mol. The molecule has 0 aliphatic carbocycles. The summed E-state index contributed by atoms with van der Waals surface area (Å²) in [7, 11) is 0. The molecule has 0 fully saturated rings. The maximum absolute atomic E-state index is 11.0. The molecule has 0 unspecified atom stereocenters. The maximum atomic E-state index is 11.0. The predicted octanol–water partition coefficient (Wildman–Crippen LogP) is 3.42. The molecule has 0 saturated heterocycles. The highest BCUT2D eigenvalue weighted by molar-refractivity contribution is 6.34. The minimum absolute atomic E-state index is 0.0670. The standard InChI is InChI=1S/C15H14ClN3O2/c1-8-6-18-15(21-8)12-5-14-10(4-13(12)16)3-11(19-14)7-17-9(2)20/h3-6,19H,7H2,1-2H3,(H,17,20). The third-order valence-electron chi connectivity index (χ3n) is 3.14. The van der Waals surface area contributed by atoms with Crippen molar-refractivity contribution in [2.45, 2.75) is 20.4 Å². The van der Waals surface area contributed by atoms with Crippen LogP contribution in [0, 0.1) is 6.92 Å². The topological polar surface area (TPSA) is 70.9 Å². The van der Waals surface area contributed by atoms with E-state index in [1.807, 2.05) is 25.1 Å². The summed E-state index contributed by atoms with van der Waals surface area (Å²) in [5.74, 6) is 1.17. The van der Waals surface area contributed by atoms with Crippen molar-refractivity contribution in [3.8, 4) is 11.5 Å². The van der Waals surface area contributed by atoms with E-state index in [4.69, 9.17) is 16.0 Å². The predicted molar refractivity (Wildman–Crippen MR) is 81.1 cm³/mol. The molecule has 3 rings (SSSR count). The minimum Gasteiger partial charge on any atom is -0.441 e. The van der Waals surface area contributed by atoms with Gasteiger partial charge in [-0.1, -0.05) is 11.6 Å². The highest BCUT2D eigenvalue weighted by Gasteiger charge is 2.12. The fourth-order valence-electron chi connectivity index (χ4n) is 2.17. The van der Waals surface area contributed by atoms with Crippen LogP contribution < -0.4 is 5.32 Å². The zero-order valence-corrected chi connectivity index (χ0v) is 12.4. The summed E-state index contributed by atoms with van der Waals surface area (Å²) in [5.41, 5.74) is 2.58. The van der Waals surface area contributed by atoms with Gasteiger partial charge in [0.15, 0.2) is 0 Å². The Morgan fingerprint density at radius 2 is 2.24 bits per heavy atom. The lowest BCUT2D eigenvalue weighted by atomic mass is 10.1. The van der Waals surface area contributed by atoms with Gasteiger partial charge in [0.1, 0.15) is 5.76 Å². The van der Waals surface area contributed by atoms with Crippen LogP contribution in [-0.4, -0.2) is 15.9 Å². The van der Waals surface area contributed by atoms with E-state index in [1.54, 1.807) is 6.20 Å². The van der Waals surface area contributed by atoms with Gasteiger partial charge in [-0.3, -0.25) is 4.79 Å². The van der Waals surface area contributed by atoms with Crippen molar-refractivity contribution in [1.82, 2.24) is 15.3 Å². The maximum Gasteiger partial charge on any atom is 0.227 e. The molecule has 2 heterocycles. The number of hydrogen-bond acceptors (Lipinski definition) is 3. The number of amides is 1. The van der Waals surface area contributed by atoms with E-state index >= 15 is 0 Å². The number of carbonyl (C=O) groups is 1. The fourth-order valence-corrected chi connectivity index (χ4v) is 2.42. The lowest BCUT2D eigenvalue weighted by molar-refractivity contribution is -0.119. The van der Waals surface area contributed by atoms with Crippen LogP contribution in [0.15, 0.2) is 28.8 Å². The van der Waals surface area contributed by atoms with Crippen molar-refractivity contribution < 1.29 is 9.21 Å². The molecule has 0 atom stereocenters. The van der Waals surface area contributed by atoms with Crippen LogP contribution in [0.3, 0.4) is 0 Å². The Hall–Kier alpha value is -2.27. The first-order chi connectivity index (χ1) is 10.0. The van der Waals surface area contributed by atoms with E-state index in [2.05, 4.69) is 15.3 Å². The normalized spacial score (nSPS) is 11.0. The van der Waals surface area contributed by atoms with E-state index < -0.39 is 0 Å². The molecule has 108 valence electrons. The van der Waals surface area contributed by atoms with Gasteiger partial charge in [-0.05, 0) is 25.1 Å². The molecule has 3 aromatic rings. The second-order valence-corrected chi connectivity index (χ2v) is 5.31. The number of nitrogens with one attached hydrogen (secondary N) is 2. The minimum atomic E-state index is -0.0670. The van der Waals surface area contributed by atoms with E-state index in [9.17, 15) is 4.79 Å². The third-order valence-corrected chi connectivity index (χ3v) is 3.46. The number of oxazole rings is 1. The molecular formula is C15H14ClN3O2. The van der Waals surface area contributed by atoms with Crippen LogP contribution in [0.1, 0.15) is 18.4 Å². The van der Waals surface area contributed by atoms with Gasteiger partial charge in [0, 0.05) is 23.5 Å². The van der Waals surface area contributed by atoms with E-state index in [1.165, 1.54) is 6.92 Å². The molecule has 5 nitrogen and oxygen atoms in total. The number of nitrogens with zero attached hydrogens (tertiary/aromatic N) is 1. The SMILES string of the molecule is CC(=O)NCc1cc2cc(Cl)c(-c3ncc(C)o3)cc2[nH]1. The van der Waals surface area contributed by atoms with E-state index in [0.717, 1.165) is 27.9 Å². The molecule has 0 aliphatic rings. The lowest BCUT2D eigenvalue weighted by Crippen LogP contribution is -2.18. The van der Waals surface area contributed by atoms with Gasteiger partial charge in [-0.15, -0.1) is 0 Å². The van der Waals surface area contributed by atoms with Crippen molar-refractivity contribution in [2.24, 2.45) is 0 Å². The van der Waals surface area contributed by atoms with Gasteiger partial charge in [0.25, 0.3) is 0 Å². The van der Waals surface area contributed by atoms with Crippen molar-refractivity contribution in [2.75, 3.05) is 0 Å². The zero-order valence-electron chi connectivity index (χ0n) is 11.7. The Balaban J connectivity index is 2.00. The van der Waals surface area contributed by atoms with Gasteiger partial charge in [0.2, 0.25) is 11.8 Å². The second-order valence-electron chi connectivity index (χ2n) is 4.90. The first kappa shape index (κ1) is 13.7. The number of carbonyl (C=O) groups excluding carboxylic acids is 1. The van der Waals surface area contributed by atoms with Crippen molar-refractivity contribution in [3.05, 3.63) is 40.9 Å². The molecule has 0 radical (unpaired) electrons. The van der Waals surface area contributed by atoms with Gasteiger partial charge < -0.3 is 14.7 Å². The Morgan fingerprint density at radius 1 is 1.43 bits per heavy atom. The average molecular weight is 304 g/mol. The molecule has 6 heteroatoms. The summed E-state index contributed by atoms with van der Waals surface area (Å²) >= 11 is 6.30. The van der Waals surface area contributed by atoms with E-state index in [0.29, 0.717) is 17.5 Å². The van der Waals surface area contributed by atoms with Crippen LogP contribution >= 0.6 is 11.6 Å². The monoisotopic (exact) mass is 303 g/mol. The summed E-state index contributed by atoms with van der Waals surface area (Å²) in [4.78, 5) is 18.4. The third kappa shape index (κ3) is 2.78. The van der Waals surface area contributed by atoms with Crippen LogP contribution in [0.25, 0.3) is 22.4 Å². The molecule has 2 N–H and O–H groups in total. The molecule has 0 bridgehead atoms. The molecule has 1 aromatic carbocycles. The van der Waals surface area contributed by atoms with Gasteiger partial charge in [-0.25, -0.2) is 4.98 Å². The summed E-state index contributed by atoms with van der Waals surface area (Å²) in [6.45, 7) is 3.78. The lowest BCUT2D eigenvalue weighted by Gasteiger charge is -2.00. The van der Waals surface area contributed by atoms with Crippen LogP contribution in [0.5, 0.6) is 0 Å². The van der Waals surface area contributed by atoms with Gasteiger partial charge in [0.05, 0.1) is 23.3 Å². The Kier molecular flexibility index (Phi) is 3.43. The van der Waals surface area contributed by atoms with Crippen LogP contribution in [-0.2, 0) is 11.3 Å². The number of fused-ring (bicyclic) bond motifs is 1. The number of aryl methyl sites for hydroxylation is 1. The summed E-state index contributed by atoms with van der Waals surface area (Å²) in [5, 5.41) is 4.31. The van der Waals surface area contributed by atoms with Crippen LogP contribution in [0.4, 0.5) is 0 Å². The van der Waals surface area contributed by atoms with E-state index in [-0.39, 0.29) is 5.91 Å². The van der Waals surface area contributed by atoms with Crippen molar-refractivity contribution in [1.29, 1.82) is 0 Å². The number of halogens is 1. The average Bonchev–Trinajstić information content (AvgIpc) is 3.01. The Bertz CT molecular complexity index is 820. The second kappa shape index (κ2) is 5.26. The number of benzene rings is 1. The van der Waals surface area contributed by atoms with Crippen molar-refractivity contribution in [3.63, 3.8) is 0 Å². The summed E-state index contributed by atoms with van der Waals surface area (Å²) in [6.07, 6.45) is 1.66. The molecule has 2 aromatic heterocycles. The fraction of sp³-hybridized carbons (Fsp3) is 0.200.